The number of piperidine rings is 1. The summed E-state index contributed by atoms with van der Waals surface area (Å²) in [5.41, 5.74) is -4.50. The van der Waals surface area contributed by atoms with E-state index in [1.165, 1.54) is 4.90 Å². The van der Waals surface area contributed by atoms with Crippen LogP contribution in [0.1, 0.15) is 50.0 Å². The number of fused-ring (bicyclic) bond motifs is 5. The van der Waals surface area contributed by atoms with Crippen LogP contribution in [0.4, 0.5) is 13.2 Å². The van der Waals surface area contributed by atoms with Crippen LogP contribution in [-0.4, -0.2) is 67.7 Å². The highest BCUT2D eigenvalue weighted by Crippen LogP contribution is 2.38. The molecule has 1 aliphatic carbocycles. The third-order valence-corrected chi connectivity index (χ3v) is 7.68. The van der Waals surface area contributed by atoms with Crippen LogP contribution in [0.3, 0.4) is 0 Å². The molecule has 0 radical (unpaired) electrons. The fourth-order valence-electron chi connectivity index (χ4n) is 4.80. The largest absolute Gasteiger partial charge is 0.511 e. The molecule has 1 amide bonds. The minimum atomic E-state index is -5.56. The summed E-state index contributed by atoms with van der Waals surface area (Å²) in [4.78, 5) is 18.6. The predicted molar refractivity (Wildman–Crippen MR) is 107 cm³/mol. The van der Waals surface area contributed by atoms with E-state index in [4.69, 9.17) is 9.47 Å². The first kappa shape index (κ1) is 23.2. The zero-order valence-corrected chi connectivity index (χ0v) is 18.2. The SMILES string of the molecule is O=C1COc2ncccc2C2CCC(CC2)OC[C@H]2[C@@H](NS(=O)(=O)C(F)(F)F)CCCN12. The molecule has 1 N–H and O–H groups in total. The summed E-state index contributed by atoms with van der Waals surface area (Å²) in [7, 11) is -5.56. The van der Waals surface area contributed by atoms with Crippen molar-refractivity contribution >= 4 is 15.9 Å². The zero-order valence-electron chi connectivity index (χ0n) is 17.4. The second kappa shape index (κ2) is 9.14. The van der Waals surface area contributed by atoms with E-state index in [1.807, 2.05) is 12.1 Å². The van der Waals surface area contributed by atoms with Crippen LogP contribution in [0.25, 0.3) is 0 Å². The predicted octanol–water partition coefficient (Wildman–Crippen LogP) is 2.32. The Hall–Kier alpha value is -1.92. The second-order valence-corrected chi connectivity index (χ2v) is 10.2. The quantitative estimate of drug-likeness (QED) is 0.702. The minimum Gasteiger partial charge on any atom is -0.467 e. The molecule has 2 atom stereocenters. The Kier molecular flexibility index (Phi) is 6.64. The molecule has 1 aromatic rings. The van der Waals surface area contributed by atoms with Crippen molar-refractivity contribution in [3.63, 3.8) is 0 Å². The van der Waals surface area contributed by atoms with Gasteiger partial charge in [-0.25, -0.2) is 18.1 Å². The van der Waals surface area contributed by atoms with E-state index in [0.29, 0.717) is 12.3 Å². The molecular formula is C20H26F3N3O5S. The second-order valence-electron chi connectivity index (χ2n) is 8.46. The van der Waals surface area contributed by atoms with Gasteiger partial charge in [0.15, 0.2) is 6.61 Å². The Labute approximate surface area is 184 Å². The maximum atomic E-state index is 13.0. The Morgan fingerprint density at radius 1 is 1.16 bits per heavy atom. The maximum absolute atomic E-state index is 13.0. The molecule has 4 aliphatic rings. The van der Waals surface area contributed by atoms with Crippen LogP contribution in [-0.2, 0) is 19.6 Å². The molecule has 0 unspecified atom stereocenters. The van der Waals surface area contributed by atoms with E-state index < -0.39 is 33.5 Å². The molecule has 8 nitrogen and oxygen atoms in total. The number of carbonyl (C=O) groups is 1. The lowest BCUT2D eigenvalue weighted by atomic mass is 9.83. The van der Waals surface area contributed by atoms with Gasteiger partial charge >= 0.3 is 15.5 Å². The van der Waals surface area contributed by atoms with Gasteiger partial charge in [0.25, 0.3) is 5.91 Å². The van der Waals surface area contributed by atoms with Crippen LogP contribution in [0, 0.1) is 0 Å². The molecular weight excluding hydrogens is 451 g/mol. The lowest BCUT2D eigenvalue weighted by Gasteiger charge is -2.42. The van der Waals surface area contributed by atoms with Gasteiger partial charge in [-0.05, 0) is 50.5 Å². The summed E-state index contributed by atoms with van der Waals surface area (Å²) in [5.74, 6) is 0.161. The number of carbonyl (C=O) groups excluding carboxylic acids is 1. The fraction of sp³-hybridized carbons (Fsp3) is 0.700. The van der Waals surface area contributed by atoms with Crippen molar-refractivity contribution in [1.82, 2.24) is 14.6 Å². The third-order valence-electron chi connectivity index (χ3n) is 6.46. The topological polar surface area (TPSA) is 97.8 Å². The van der Waals surface area contributed by atoms with Crippen LogP contribution >= 0.6 is 0 Å². The smallest absolute Gasteiger partial charge is 0.467 e. The molecule has 32 heavy (non-hydrogen) atoms. The van der Waals surface area contributed by atoms with Crippen molar-refractivity contribution < 1.29 is 35.9 Å². The monoisotopic (exact) mass is 477 g/mol. The van der Waals surface area contributed by atoms with Crippen molar-refractivity contribution in [2.24, 2.45) is 0 Å². The summed E-state index contributed by atoms with van der Waals surface area (Å²) in [6.45, 7) is -0.102. The van der Waals surface area contributed by atoms with Crippen molar-refractivity contribution in [3.8, 4) is 5.88 Å². The molecule has 2 bridgehead atoms. The number of rotatable bonds is 2. The lowest BCUT2D eigenvalue weighted by molar-refractivity contribution is -0.140. The van der Waals surface area contributed by atoms with E-state index in [1.54, 1.807) is 10.9 Å². The number of ether oxygens (including phenoxy) is 2. The Morgan fingerprint density at radius 2 is 1.91 bits per heavy atom. The van der Waals surface area contributed by atoms with Gasteiger partial charge in [0.2, 0.25) is 5.88 Å². The summed E-state index contributed by atoms with van der Waals surface area (Å²) in [5, 5.41) is 0. The lowest BCUT2D eigenvalue weighted by Crippen LogP contribution is -2.60. The summed E-state index contributed by atoms with van der Waals surface area (Å²) in [6, 6.07) is 1.79. The van der Waals surface area contributed by atoms with Crippen molar-refractivity contribution in [1.29, 1.82) is 0 Å². The molecule has 178 valence electrons. The molecule has 4 heterocycles. The number of halogens is 3. The van der Waals surface area contributed by atoms with E-state index in [0.717, 1.165) is 31.2 Å². The first-order chi connectivity index (χ1) is 15.2. The van der Waals surface area contributed by atoms with Crippen LogP contribution in [0.5, 0.6) is 5.88 Å². The fourth-order valence-corrected chi connectivity index (χ4v) is 5.61. The number of amides is 1. The van der Waals surface area contributed by atoms with Gasteiger partial charge < -0.3 is 14.4 Å². The van der Waals surface area contributed by atoms with E-state index in [2.05, 4.69) is 4.98 Å². The van der Waals surface area contributed by atoms with Crippen molar-refractivity contribution in [2.45, 2.75) is 68.1 Å². The first-order valence-electron chi connectivity index (χ1n) is 10.7. The highest BCUT2D eigenvalue weighted by Gasteiger charge is 2.49. The van der Waals surface area contributed by atoms with Crippen molar-refractivity contribution in [3.05, 3.63) is 23.9 Å². The number of nitrogens with one attached hydrogen (secondary N) is 1. The number of alkyl halides is 3. The summed E-state index contributed by atoms with van der Waals surface area (Å²) >= 11 is 0. The molecule has 0 spiro atoms. The molecule has 1 aromatic heterocycles. The van der Waals surface area contributed by atoms with Crippen LogP contribution in [0.15, 0.2) is 18.3 Å². The number of hydrogen-bond acceptors (Lipinski definition) is 6. The molecule has 1 saturated carbocycles. The van der Waals surface area contributed by atoms with Crippen LogP contribution < -0.4 is 9.46 Å². The number of aromatic nitrogens is 1. The van der Waals surface area contributed by atoms with Gasteiger partial charge in [-0.1, -0.05) is 6.07 Å². The summed E-state index contributed by atoms with van der Waals surface area (Å²) in [6.07, 6.45) is 5.17. The standard InChI is InChI=1S/C20H26F3N3O5S/c21-20(22,23)32(28,29)25-16-4-2-10-26-17(16)11-30-14-7-5-13(6-8-14)15-3-1-9-24-19(15)31-12-18(26)27/h1,3,9,13-14,16-17,25H,2,4-8,10-12H2/t13?,14?,16-,17-/m0/s1. The molecule has 12 heteroatoms. The summed E-state index contributed by atoms with van der Waals surface area (Å²) < 4.78 is 75.9. The molecule has 1 saturated heterocycles. The molecule has 3 aliphatic heterocycles. The van der Waals surface area contributed by atoms with Gasteiger partial charge in [-0.2, -0.15) is 13.2 Å². The number of sulfonamides is 1. The Bertz CT molecular complexity index is 935. The number of nitrogens with zero attached hydrogens (tertiary/aromatic N) is 2. The van der Waals surface area contributed by atoms with Gasteiger partial charge in [-0.15, -0.1) is 0 Å². The van der Waals surface area contributed by atoms with E-state index >= 15 is 0 Å². The maximum Gasteiger partial charge on any atom is 0.511 e. The average Bonchev–Trinajstić information content (AvgIpc) is 2.77. The van der Waals surface area contributed by atoms with E-state index in [9.17, 15) is 26.4 Å². The van der Waals surface area contributed by atoms with Gasteiger partial charge in [0.1, 0.15) is 0 Å². The van der Waals surface area contributed by atoms with Crippen molar-refractivity contribution in [2.75, 3.05) is 19.8 Å². The third kappa shape index (κ3) is 4.86. The molecule has 0 aromatic carbocycles. The van der Waals surface area contributed by atoms with Gasteiger partial charge in [0.05, 0.1) is 18.8 Å². The minimum absolute atomic E-state index is 0.0443. The number of pyridine rings is 1. The highest BCUT2D eigenvalue weighted by molar-refractivity contribution is 7.90. The molecule has 5 rings (SSSR count). The first-order valence-corrected chi connectivity index (χ1v) is 12.2. The molecule has 2 fully saturated rings. The number of hydrogen-bond donors (Lipinski definition) is 1. The van der Waals surface area contributed by atoms with Gasteiger partial charge in [-0.3, -0.25) is 4.79 Å². The Morgan fingerprint density at radius 3 is 2.62 bits per heavy atom. The normalized spacial score (nSPS) is 29.7. The average molecular weight is 478 g/mol. The van der Waals surface area contributed by atoms with E-state index in [-0.39, 0.29) is 38.2 Å². The zero-order chi connectivity index (χ0) is 22.9. The Balaban J connectivity index is 1.60. The van der Waals surface area contributed by atoms with Gasteiger partial charge in [0, 0.05) is 24.3 Å². The highest BCUT2D eigenvalue weighted by atomic mass is 32.2. The van der Waals surface area contributed by atoms with Crippen LogP contribution in [0.2, 0.25) is 0 Å².